The highest BCUT2D eigenvalue weighted by molar-refractivity contribution is 5.76. The van der Waals surface area contributed by atoms with Gasteiger partial charge in [-0.1, -0.05) is 0 Å². The van der Waals surface area contributed by atoms with Crippen LogP contribution in [0.3, 0.4) is 0 Å². The van der Waals surface area contributed by atoms with Gasteiger partial charge in [0.25, 0.3) is 6.29 Å². The van der Waals surface area contributed by atoms with Crippen molar-refractivity contribution in [3.05, 3.63) is 18.0 Å². The third-order valence-electron chi connectivity index (χ3n) is 0.919. The minimum Gasteiger partial charge on any atom is -0.350 e. The average molecular weight is 138 g/mol. The first-order valence-electron chi connectivity index (χ1n) is 2.47. The molecule has 0 aromatic carbocycles. The number of hydrogen-bond acceptors (Lipinski definition) is 3. The Morgan fingerprint density at radius 2 is 2.50 bits per heavy atom. The summed E-state index contributed by atoms with van der Waals surface area (Å²) >= 11 is 0. The molecular weight excluding hydrogens is 134 g/mol. The highest BCUT2D eigenvalue weighted by atomic mass is 16.2. The predicted molar refractivity (Wildman–Crippen MR) is 32.0 cm³/mol. The molecule has 1 rings (SSSR count). The SMILES string of the molecule is NC(=O)n1ccc([C]=O)n1. The fourth-order valence-electron chi connectivity index (χ4n) is 0.501. The van der Waals surface area contributed by atoms with Gasteiger partial charge in [0, 0.05) is 6.20 Å². The smallest absolute Gasteiger partial charge is 0.339 e. The highest BCUT2D eigenvalue weighted by Crippen LogP contribution is 1.88. The zero-order valence-electron chi connectivity index (χ0n) is 4.94. The standard InChI is InChI=1S/C5H4N3O2/c6-5(10)8-2-1-4(3-9)7-8/h1-2H,(H2,6,10). The molecule has 1 aromatic rings. The van der Waals surface area contributed by atoms with Crippen molar-refractivity contribution < 1.29 is 9.59 Å². The number of aromatic nitrogens is 2. The van der Waals surface area contributed by atoms with Crippen LogP contribution in [-0.2, 0) is 4.79 Å². The van der Waals surface area contributed by atoms with Gasteiger partial charge in [-0.3, -0.25) is 4.79 Å². The lowest BCUT2D eigenvalue weighted by molar-refractivity contribution is 0.247. The molecule has 10 heavy (non-hydrogen) atoms. The van der Waals surface area contributed by atoms with Crippen LogP contribution in [0.15, 0.2) is 12.3 Å². The predicted octanol–water partition coefficient (Wildman–Crippen LogP) is -0.732. The Morgan fingerprint density at radius 1 is 1.80 bits per heavy atom. The van der Waals surface area contributed by atoms with Gasteiger partial charge in [-0.05, 0) is 6.07 Å². The topological polar surface area (TPSA) is 78.0 Å². The van der Waals surface area contributed by atoms with Crippen LogP contribution < -0.4 is 5.73 Å². The summed E-state index contributed by atoms with van der Waals surface area (Å²) in [5, 5.41) is 3.45. The van der Waals surface area contributed by atoms with Crippen molar-refractivity contribution in [3.63, 3.8) is 0 Å². The summed E-state index contributed by atoms with van der Waals surface area (Å²) in [6, 6.07) is 0.624. The molecule has 0 saturated carbocycles. The zero-order valence-corrected chi connectivity index (χ0v) is 4.94. The Balaban J connectivity index is 2.98. The van der Waals surface area contributed by atoms with E-state index in [1.54, 1.807) is 0 Å². The second-order valence-corrected chi connectivity index (χ2v) is 1.59. The van der Waals surface area contributed by atoms with E-state index in [0.29, 0.717) is 0 Å². The number of rotatable bonds is 1. The fourth-order valence-corrected chi connectivity index (χ4v) is 0.501. The lowest BCUT2D eigenvalue weighted by Crippen LogP contribution is -2.19. The van der Waals surface area contributed by atoms with E-state index in [1.165, 1.54) is 18.5 Å². The van der Waals surface area contributed by atoms with Crippen molar-refractivity contribution in [2.75, 3.05) is 0 Å². The third kappa shape index (κ3) is 1.02. The van der Waals surface area contributed by atoms with Crippen molar-refractivity contribution in [2.24, 2.45) is 5.73 Å². The molecule has 0 saturated heterocycles. The van der Waals surface area contributed by atoms with Gasteiger partial charge in [0.15, 0.2) is 0 Å². The third-order valence-corrected chi connectivity index (χ3v) is 0.919. The number of carbonyl (C=O) groups is 1. The van der Waals surface area contributed by atoms with Gasteiger partial charge in [0.05, 0.1) is 0 Å². The van der Waals surface area contributed by atoms with E-state index in [2.05, 4.69) is 5.10 Å². The molecule has 1 radical (unpaired) electrons. The first kappa shape index (κ1) is 6.47. The molecule has 1 aromatic heterocycles. The molecule has 0 spiro atoms. The maximum absolute atomic E-state index is 10.3. The van der Waals surface area contributed by atoms with E-state index in [9.17, 15) is 9.59 Å². The van der Waals surface area contributed by atoms with Crippen LogP contribution in [0.2, 0.25) is 0 Å². The summed E-state index contributed by atoms with van der Waals surface area (Å²) in [5.41, 5.74) is 4.88. The van der Waals surface area contributed by atoms with Gasteiger partial charge in [0.1, 0.15) is 5.69 Å². The minimum atomic E-state index is -0.721. The molecule has 0 unspecified atom stereocenters. The minimum absolute atomic E-state index is 0.0683. The van der Waals surface area contributed by atoms with Gasteiger partial charge in [0.2, 0.25) is 0 Å². The van der Waals surface area contributed by atoms with Crippen LogP contribution in [0, 0.1) is 0 Å². The molecule has 51 valence electrons. The first-order chi connectivity index (χ1) is 4.74. The summed E-state index contributed by atoms with van der Waals surface area (Å²) in [6.07, 6.45) is 2.81. The molecule has 1 amide bonds. The maximum Gasteiger partial charge on any atom is 0.339 e. The largest absolute Gasteiger partial charge is 0.350 e. The van der Waals surface area contributed by atoms with E-state index in [1.807, 2.05) is 0 Å². The van der Waals surface area contributed by atoms with Gasteiger partial charge in [-0.2, -0.15) is 9.78 Å². The van der Waals surface area contributed by atoms with E-state index >= 15 is 0 Å². The Morgan fingerprint density at radius 3 is 2.80 bits per heavy atom. The Hall–Kier alpha value is -1.65. The molecule has 0 fully saturated rings. The van der Waals surface area contributed by atoms with Crippen LogP contribution in [0.5, 0.6) is 0 Å². The summed E-state index contributed by atoms with van der Waals surface area (Å²) in [4.78, 5) is 20.2. The lowest BCUT2D eigenvalue weighted by atomic mass is 10.5. The zero-order chi connectivity index (χ0) is 7.56. The molecule has 0 bridgehead atoms. The number of nitrogens with two attached hydrogens (primary N) is 1. The highest BCUT2D eigenvalue weighted by Gasteiger charge is 2.00. The van der Waals surface area contributed by atoms with Crippen LogP contribution in [0.4, 0.5) is 4.79 Å². The summed E-state index contributed by atoms with van der Waals surface area (Å²) in [5.74, 6) is 0. The summed E-state index contributed by atoms with van der Waals surface area (Å²) in [7, 11) is 0. The Kier molecular flexibility index (Phi) is 1.49. The van der Waals surface area contributed by atoms with Gasteiger partial charge >= 0.3 is 6.03 Å². The molecule has 0 aliphatic heterocycles. The maximum atomic E-state index is 10.3. The molecule has 0 aliphatic carbocycles. The summed E-state index contributed by atoms with van der Waals surface area (Å²) in [6.45, 7) is 0. The van der Waals surface area contributed by atoms with E-state index in [0.717, 1.165) is 4.68 Å². The molecule has 2 N–H and O–H groups in total. The Bertz CT molecular complexity index is 266. The monoisotopic (exact) mass is 138 g/mol. The van der Waals surface area contributed by atoms with Crippen LogP contribution in [0.1, 0.15) is 5.69 Å². The van der Waals surface area contributed by atoms with Crippen LogP contribution in [0.25, 0.3) is 0 Å². The fraction of sp³-hybridized carbons (Fsp3) is 0. The van der Waals surface area contributed by atoms with E-state index in [4.69, 9.17) is 5.73 Å². The van der Waals surface area contributed by atoms with Gasteiger partial charge in [-0.25, -0.2) is 4.79 Å². The number of nitrogens with zero attached hydrogens (tertiary/aromatic N) is 2. The molecule has 5 heteroatoms. The van der Waals surface area contributed by atoms with Crippen molar-refractivity contribution in [2.45, 2.75) is 0 Å². The van der Waals surface area contributed by atoms with E-state index in [-0.39, 0.29) is 5.69 Å². The number of carbonyl (C=O) groups excluding carboxylic acids is 2. The summed E-state index contributed by atoms with van der Waals surface area (Å²) < 4.78 is 0.861. The molecule has 0 atom stereocenters. The second-order valence-electron chi connectivity index (χ2n) is 1.59. The molecule has 5 nitrogen and oxygen atoms in total. The van der Waals surface area contributed by atoms with Crippen molar-refractivity contribution in [3.8, 4) is 0 Å². The van der Waals surface area contributed by atoms with Crippen LogP contribution in [-0.4, -0.2) is 22.1 Å². The van der Waals surface area contributed by atoms with Crippen molar-refractivity contribution >= 4 is 12.3 Å². The molecular formula is C5H4N3O2. The lowest BCUT2D eigenvalue weighted by Gasteiger charge is -1.87. The normalized spacial score (nSPS) is 9.20. The second kappa shape index (κ2) is 2.30. The first-order valence-corrected chi connectivity index (χ1v) is 2.47. The quantitative estimate of drug-likeness (QED) is 0.555. The van der Waals surface area contributed by atoms with E-state index < -0.39 is 6.03 Å². The number of amides is 1. The molecule has 0 aliphatic rings. The van der Waals surface area contributed by atoms with Crippen LogP contribution >= 0.6 is 0 Å². The Labute approximate surface area is 56.4 Å². The van der Waals surface area contributed by atoms with Gasteiger partial charge in [-0.15, -0.1) is 0 Å². The van der Waals surface area contributed by atoms with Gasteiger partial charge < -0.3 is 5.73 Å². The van der Waals surface area contributed by atoms with Crippen molar-refractivity contribution in [1.29, 1.82) is 0 Å². The van der Waals surface area contributed by atoms with Crippen molar-refractivity contribution in [1.82, 2.24) is 9.78 Å². The number of primary amides is 1. The molecule has 1 heterocycles. The number of hydrogen-bond donors (Lipinski definition) is 1. The average Bonchev–Trinajstić information content (AvgIpc) is 2.34.